The first-order valence-corrected chi connectivity index (χ1v) is 4.29. The minimum absolute atomic E-state index is 0.0656. The van der Waals surface area contributed by atoms with Gasteiger partial charge in [0, 0.05) is 11.6 Å². The van der Waals surface area contributed by atoms with Crippen LogP contribution in [0.2, 0.25) is 0 Å². The third-order valence-corrected chi connectivity index (χ3v) is 1.51. The van der Waals surface area contributed by atoms with Gasteiger partial charge in [-0.2, -0.15) is 5.10 Å². The maximum atomic E-state index is 5.42. The average molecular weight is 197 g/mol. The van der Waals surface area contributed by atoms with Crippen LogP contribution in [0, 0.1) is 0 Å². The molecule has 0 aromatic carbocycles. The van der Waals surface area contributed by atoms with Gasteiger partial charge in [0.05, 0.1) is 12.3 Å². The maximum Gasteiger partial charge on any atom is 0.234 e. The molecule has 0 spiro atoms. The molecule has 0 bridgehead atoms. The van der Waals surface area contributed by atoms with Crippen molar-refractivity contribution in [3.63, 3.8) is 0 Å². The van der Waals surface area contributed by atoms with Crippen LogP contribution in [0.25, 0.3) is 0 Å². The Bertz CT molecular complexity index is 314. The Balaban J connectivity index is 2.85. The van der Waals surface area contributed by atoms with Gasteiger partial charge in [0.2, 0.25) is 5.88 Å². The number of hydrogen-bond acceptors (Lipinski definition) is 4. The zero-order valence-corrected chi connectivity index (χ0v) is 8.34. The van der Waals surface area contributed by atoms with Crippen LogP contribution in [0.15, 0.2) is 12.3 Å². The Kier molecular flexibility index (Phi) is 3.13. The highest BCUT2D eigenvalue weighted by Gasteiger charge is 2.02. The highest BCUT2D eigenvalue weighted by atomic mass is 32.1. The highest BCUT2D eigenvalue weighted by Crippen LogP contribution is 2.08. The molecular weight excluding hydrogens is 186 g/mol. The summed E-state index contributed by atoms with van der Waals surface area (Å²) in [5.74, 6) is 0.445. The molecule has 0 radical (unpaired) electrons. The summed E-state index contributed by atoms with van der Waals surface area (Å²) < 4.78 is 5.32. The van der Waals surface area contributed by atoms with Crippen molar-refractivity contribution in [3.05, 3.63) is 17.8 Å². The minimum atomic E-state index is 0.0656. The number of ether oxygens (including phenoxy) is 1. The molecule has 5 heteroatoms. The fraction of sp³-hybridized carbons (Fsp3) is 0.375. The van der Waals surface area contributed by atoms with Crippen LogP contribution in [-0.2, 0) is 0 Å². The van der Waals surface area contributed by atoms with Crippen molar-refractivity contribution in [1.29, 1.82) is 0 Å². The SMILES string of the molecule is CC(C)Oc1cc(C(N)=S)cnn1. The van der Waals surface area contributed by atoms with Crippen LogP contribution in [0.5, 0.6) is 5.88 Å². The second kappa shape index (κ2) is 4.13. The second-order valence-corrected chi connectivity index (χ2v) is 3.25. The Labute approximate surface area is 82.1 Å². The summed E-state index contributed by atoms with van der Waals surface area (Å²) in [5.41, 5.74) is 6.09. The van der Waals surface area contributed by atoms with Crippen LogP contribution in [0.3, 0.4) is 0 Å². The molecule has 0 amide bonds. The monoisotopic (exact) mass is 197 g/mol. The third-order valence-electron chi connectivity index (χ3n) is 1.27. The van der Waals surface area contributed by atoms with E-state index in [1.54, 1.807) is 6.07 Å². The predicted molar refractivity (Wildman–Crippen MR) is 53.7 cm³/mol. The van der Waals surface area contributed by atoms with Crippen LogP contribution >= 0.6 is 12.2 Å². The lowest BCUT2D eigenvalue weighted by atomic mass is 10.3. The largest absolute Gasteiger partial charge is 0.474 e. The molecule has 1 heterocycles. The normalized spacial score (nSPS) is 10.1. The van der Waals surface area contributed by atoms with Crippen molar-refractivity contribution >= 4 is 17.2 Å². The molecule has 0 atom stereocenters. The van der Waals surface area contributed by atoms with Crippen LogP contribution in [0.1, 0.15) is 19.4 Å². The Hall–Kier alpha value is -1.23. The van der Waals surface area contributed by atoms with E-state index >= 15 is 0 Å². The predicted octanol–water partition coefficient (Wildman–Crippen LogP) is 0.898. The molecule has 0 aliphatic rings. The third kappa shape index (κ3) is 2.95. The number of nitrogens with two attached hydrogens (primary N) is 1. The Morgan fingerprint density at radius 1 is 1.62 bits per heavy atom. The molecule has 1 aromatic rings. The molecule has 0 saturated heterocycles. The zero-order chi connectivity index (χ0) is 9.84. The average Bonchev–Trinajstić information content (AvgIpc) is 2.03. The van der Waals surface area contributed by atoms with Crippen LogP contribution in [0.4, 0.5) is 0 Å². The van der Waals surface area contributed by atoms with E-state index in [9.17, 15) is 0 Å². The van der Waals surface area contributed by atoms with Gasteiger partial charge in [-0.05, 0) is 13.8 Å². The standard InChI is InChI=1S/C8H11N3OS/c1-5(2)12-7-3-6(8(9)13)4-10-11-7/h3-5H,1-2H3,(H2,9,13). The van der Waals surface area contributed by atoms with Crippen LogP contribution < -0.4 is 10.5 Å². The summed E-state index contributed by atoms with van der Waals surface area (Å²) in [6.07, 6.45) is 1.58. The summed E-state index contributed by atoms with van der Waals surface area (Å²) in [7, 11) is 0. The first-order chi connectivity index (χ1) is 6.09. The molecule has 0 aliphatic heterocycles. The fourth-order valence-corrected chi connectivity index (χ4v) is 0.893. The van der Waals surface area contributed by atoms with Crippen molar-refractivity contribution in [1.82, 2.24) is 10.2 Å². The molecule has 0 fully saturated rings. The topological polar surface area (TPSA) is 61.0 Å². The summed E-state index contributed by atoms with van der Waals surface area (Å²) in [4.78, 5) is 0.295. The Morgan fingerprint density at radius 3 is 2.85 bits per heavy atom. The van der Waals surface area contributed by atoms with E-state index in [0.717, 1.165) is 0 Å². The molecule has 0 aliphatic carbocycles. The Morgan fingerprint density at radius 2 is 2.31 bits per heavy atom. The summed E-state index contributed by atoms with van der Waals surface area (Å²) in [6, 6.07) is 1.68. The first kappa shape index (κ1) is 9.85. The molecule has 0 saturated carbocycles. The fourth-order valence-electron chi connectivity index (χ4n) is 0.781. The highest BCUT2D eigenvalue weighted by molar-refractivity contribution is 7.80. The van der Waals surface area contributed by atoms with E-state index in [4.69, 9.17) is 22.7 Å². The van der Waals surface area contributed by atoms with E-state index < -0.39 is 0 Å². The minimum Gasteiger partial charge on any atom is -0.474 e. The van der Waals surface area contributed by atoms with Crippen molar-refractivity contribution < 1.29 is 4.74 Å². The van der Waals surface area contributed by atoms with Gasteiger partial charge in [-0.3, -0.25) is 0 Å². The van der Waals surface area contributed by atoms with Crippen molar-refractivity contribution in [2.24, 2.45) is 5.73 Å². The van der Waals surface area contributed by atoms with Gasteiger partial charge in [-0.1, -0.05) is 12.2 Å². The van der Waals surface area contributed by atoms with Crippen molar-refractivity contribution in [2.75, 3.05) is 0 Å². The summed E-state index contributed by atoms with van der Waals surface area (Å²) in [6.45, 7) is 3.82. The molecule has 1 aromatic heterocycles. The zero-order valence-electron chi connectivity index (χ0n) is 7.52. The van der Waals surface area contributed by atoms with Crippen molar-refractivity contribution in [2.45, 2.75) is 20.0 Å². The lowest BCUT2D eigenvalue weighted by Gasteiger charge is -2.07. The van der Waals surface area contributed by atoms with Gasteiger partial charge >= 0.3 is 0 Å². The van der Waals surface area contributed by atoms with E-state index in [-0.39, 0.29) is 6.10 Å². The molecular formula is C8H11N3OS. The molecule has 0 unspecified atom stereocenters. The van der Waals surface area contributed by atoms with Crippen LogP contribution in [-0.4, -0.2) is 21.3 Å². The quantitative estimate of drug-likeness (QED) is 0.729. The molecule has 70 valence electrons. The van der Waals surface area contributed by atoms with Gasteiger partial charge in [0.25, 0.3) is 0 Å². The molecule has 13 heavy (non-hydrogen) atoms. The number of aromatic nitrogens is 2. The second-order valence-electron chi connectivity index (χ2n) is 2.81. The van der Waals surface area contributed by atoms with E-state index in [1.807, 2.05) is 13.8 Å². The van der Waals surface area contributed by atoms with E-state index in [0.29, 0.717) is 16.4 Å². The maximum absolute atomic E-state index is 5.42. The van der Waals surface area contributed by atoms with Gasteiger partial charge in [0.1, 0.15) is 4.99 Å². The summed E-state index contributed by atoms with van der Waals surface area (Å²) in [5, 5.41) is 7.49. The van der Waals surface area contributed by atoms with Gasteiger partial charge in [-0.25, -0.2) is 0 Å². The van der Waals surface area contributed by atoms with Gasteiger partial charge < -0.3 is 10.5 Å². The smallest absolute Gasteiger partial charge is 0.234 e. The van der Waals surface area contributed by atoms with E-state index in [1.165, 1.54) is 6.20 Å². The van der Waals surface area contributed by atoms with E-state index in [2.05, 4.69) is 10.2 Å². The van der Waals surface area contributed by atoms with Gasteiger partial charge in [-0.15, -0.1) is 5.10 Å². The lowest BCUT2D eigenvalue weighted by Crippen LogP contribution is -2.12. The number of rotatable bonds is 3. The lowest BCUT2D eigenvalue weighted by molar-refractivity contribution is 0.230. The van der Waals surface area contributed by atoms with Crippen molar-refractivity contribution in [3.8, 4) is 5.88 Å². The number of thiocarbonyl (C=S) groups is 1. The number of nitrogens with zero attached hydrogens (tertiary/aromatic N) is 2. The molecule has 4 nitrogen and oxygen atoms in total. The van der Waals surface area contributed by atoms with Gasteiger partial charge in [0.15, 0.2) is 0 Å². The molecule has 1 rings (SSSR count). The molecule has 2 N–H and O–H groups in total. The first-order valence-electron chi connectivity index (χ1n) is 3.89. The summed E-state index contributed by atoms with van der Waals surface area (Å²) >= 11 is 4.79. The number of hydrogen-bond donors (Lipinski definition) is 1.